The van der Waals surface area contributed by atoms with Gasteiger partial charge < -0.3 is 5.11 Å². The molecule has 2 rings (SSSR count). The van der Waals surface area contributed by atoms with E-state index in [0.717, 1.165) is 19.2 Å². The van der Waals surface area contributed by atoms with E-state index in [4.69, 9.17) is 5.11 Å². The minimum Gasteiger partial charge on any atom is -0.478 e. The maximum atomic E-state index is 13.9. The van der Waals surface area contributed by atoms with Gasteiger partial charge in [0.25, 0.3) is 0 Å². The summed E-state index contributed by atoms with van der Waals surface area (Å²) in [4.78, 5) is 12.6. The van der Waals surface area contributed by atoms with Crippen molar-refractivity contribution in [3.05, 3.63) is 41.2 Å². The Kier molecular flexibility index (Phi) is 4.32. The molecule has 0 aliphatic carbocycles. The van der Waals surface area contributed by atoms with Crippen molar-refractivity contribution in [1.29, 1.82) is 0 Å². The van der Waals surface area contributed by atoms with Gasteiger partial charge in [-0.15, -0.1) is 0 Å². The molecule has 0 saturated carbocycles. The van der Waals surface area contributed by atoms with Crippen molar-refractivity contribution in [2.75, 3.05) is 13.1 Å². The van der Waals surface area contributed by atoms with Crippen molar-refractivity contribution in [3.63, 3.8) is 0 Å². The van der Waals surface area contributed by atoms with E-state index in [1.807, 2.05) is 0 Å². The number of benzene rings is 1. The average Bonchev–Trinajstić information content (AvgIpc) is 2.75. The zero-order valence-electron chi connectivity index (χ0n) is 11.0. The number of carboxylic acids is 1. The van der Waals surface area contributed by atoms with Gasteiger partial charge in [0, 0.05) is 24.7 Å². The molecular weight excluding hydrogens is 245 g/mol. The Balaban J connectivity index is 2.04. The highest BCUT2D eigenvalue weighted by molar-refractivity contribution is 5.85. The van der Waals surface area contributed by atoms with Gasteiger partial charge in [0.1, 0.15) is 5.82 Å². The van der Waals surface area contributed by atoms with Gasteiger partial charge in [-0.2, -0.15) is 0 Å². The number of nitrogens with zero attached hydrogens (tertiary/aromatic N) is 1. The van der Waals surface area contributed by atoms with Gasteiger partial charge in [-0.25, -0.2) is 9.18 Å². The van der Waals surface area contributed by atoms with E-state index in [9.17, 15) is 9.18 Å². The summed E-state index contributed by atoms with van der Waals surface area (Å²) in [5.74, 6) is -0.622. The lowest BCUT2D eigenvalue weighted by molar-refractivity contribution is -0.131. The molecule has 0 spiro atoms. The molecular formula is C15H18FNO2. The quantitative estimate of drug-likeness (QED) is 0.849. The van der Waals surface area contributed by atoms with Crippen LogP contribution in [0.25, 0.3) is 6.08 Å². The topological polar surface area (TPSA) is 40.5 Å². The van der Waals surface area contributed by atoms with E-state index >= 15 is 0 Å². The number of carbonyl (C=O) groups is 1. The van der Waals surface area contributed by atoms with E-state index in [2.05, 4.69) is 11.8 Å². The summed E-state index contributed by atoms with van der Waals surface area (Å²) in [6.07, 6.45) is 3.57. The molecule has 1 saturated heterocycles. The number of carboxylic acid groups (broad SMARTS) is 1. The molecule has 0 amide bonds. The smallest absolute Gasteiger partial charge is 0.328 e. The summed E-state index contributed by atoms with van der Waals surface area (Å²) >= 11 is 0. The zero-order chi connectivity index (χ0) is 13.8. The van der Waals surface area contributed by atoms with Gasteiger partial charge in [-0.05, 0) is 36.6 Å². The number of aliphatic carboxylic acids is 1. The summed E-state index contributed by atoms with van der Waals surface area (Å²) in [5.41, 5.74) is 1.24. The molecule has 4 heteroatoms. The molecule has 3 nitrogen and oxygen atoms in total. The second-order valence-electron chi connectivity index (χ2n) is 5.15. The standard InChI is InChI=1S/C15H18FNO2/c1-11-6-7-17(9-11)10-13-4-2-12(8-14(13)16)3-5-15(18)19/h2-5,8,11H,6-7,9-10H2,1H3,(H,18,19)/b5-3+. The molecule has 0 bridgehead atoms. The minimum atomic E-state index is -1.03. The van der Waals surface area contributed by atoms with Crippen molar-refractivity contribution in [3.8, 4) is 0 Å². The molecule has 1 heterocycles. The second kappa shape index (κ2) is 5.97. The summed E-state index contributed by atoms with van der Waals surface area (Å²) in [7, 11) is 0. The zero-order valence-corrected chi connectivity index (χ0v) is 11.0. The van der Waals surface area contributed by atoms with Gasteiger partial charge in [0.15, 0.2) is 0 Å². The molecule has 19 heavy (non-hydrogen) atoms. The molecule has 0 aromatic heterocycles. The fraction of sp³-hybridized carbons (Fsp3) is 0.400. The van der Waals surface area contributed by atoms with Crippen LogP contribution in [0, 0.1) is 11.7 Å². The van der Waals surface area contributed by atoms with Gasteiger partial charge in [0.2, 0.25) is 0 Å². The Morgan fingerprint density at radius 2 is 2.37 bits per heavy atom. The monoisotopic (exact) mass is 263 g/mol. The normalized spacial score (nSPS) is 20.2. The van der Waals surface area contributed by atoms with Crippen molar-refractivity contribution >= 4 is 12.0 Å². The first kappa shape index (κ1) is 13.7. The van der Waals surface area contributed by atoms with Crippen molar-refractivity contribution in [2.45, 2.75) is 19.9 Å². The predicted molar refractivity (Wildman–Crippen MR) is 72.1 cm³/mol. The van der Waals surface area contributed by atoms with E-state index in [1.165, 1.54) is 18.6 Å². The van der Waals surface area contributed by atoms with Crippen LogP contribution in [-0.2, 0) is 11.3 Å². The largest absolute Gasteiger partial charge is 0.478 e. The van der Waals surface area contributed by atoms with Crippen LogP contribution in [0.4, 0.5) is 4.39 Å². The number of hydrogen-bond acceptors (Lipinski definition) is 2. The van der Waals surface area contributed by atoms with Gasteiger partial charge >= 0.3 is 5.97 Å². The average molecular weight is 263 g/mol. The SMILES string of the molecule is CC1CCN(Cc2ccc(/C=C/C(=O)O)cc2F)C1. The molecule has 102 valence electrons. The highest BCUT2D eigenvalue weighted by atomic mass is 19.1. The van der Waals surface area contributed by atoms with Crippen LogP contribution < -0.4 is 0 Å². The third-order valence-electron chi connectivity index (χ3n) is 3.40. The van der Waals surface area contributed by atoms with Crippen LogP contribution in [0.3, 0.4) is 0 Å². The molecule has 1 atom stereocenters. The number of likely N-dealkylation sites (tertiary alicyclic amines) is 1. The van der Waals surface area contributed by atoms with E-state index in [-0.39, 0.29) is 5.82 Å². The van der Waals surface area contributed by atoms with E-state index in [1.54, 1.807) is 12.1 Å². The fourth-order valence-corrected chi connectivity index (χ4v) is 2.37. The molecule has 1 aromatic carbocycles. The molecule has 0 radical (unpaired) electrons. The first-order valence-corrected chi connectivity index (χ1v) is 6.46. The van der Waals surface area contributed by atoms with Crippen LogP contribution >= 0.6 is 0 Å². The second-order valence-corrected chi connectivity index (χ2v) is 5.15. The summed E-state index contributed by atoms with van der Waals surface area (Å²) < 4.78 is 13.9. The lowest BCUT2D eigenvalue weighted by Gasteiger charge is -2.15. The van der Waals surface area contributed by atoms with E-state index in [0.29, 0.717) is 23.6 Å². The van der Waals surface area contributed by atoms with Crippen LogP contribution in [0.5, 0.6) is 0 Å². The third kappa shape index (κ3) is 3.89. The maximum Gasteiger partial charge on any atom is 0.328 e. The van der Waals surface area contributed by atoms with Crippen molar-refractivity contribution in [2.24, 2.45) is 5.92 Å². The summed E-state index contributed by atoms with van der Waals surface area (Å²) in [6.45, 7) is 4.86. The van der Waals surface area contributed by atoms with Crippen LogP contribution in [0.1, 0.15) is 24.5 Å². The third-order valence-corrected chi connectivity index (χ3v) is 3.40. The van der Waals surface area contributed by atoms with Crippen molar-refractivity contribution < 1.29 is 14.3 Å². The van der Waals surface area contributed by atoms with Crippen molar-refractivity contribution in [1.82, 2.24) is 4.90 Å². The lowest BCUT2D eigenvalue weighted by Crippen LogP contribution is -2.20. The number of rotatable bonds is 4. The highest BCUT2D eigenvalue weighted by Crippen LogP contribution is 2.20. The molecule has 1 unspecified atom stereocenters. The molecule has 1 fully saturated rings. The Morgan fingerprint density at radius 1 is 1.58 bits per heavy atom. The number of halogens is 1. The first-order valence-electron chi connectivity index (χ1n) is 6.46. The van der Waals surface area contributed by atoms with Crippen LogP contribution in [0.15, 0.2) is 24.3 Å². The van der Waals surface area contributed by atoms with Gasteiger partial charge in [0.05, 0.1) is 0 Å². The Labute approximate surface area is 112 Å². The Hall–Kier alpha value is -1.68. The van der Waals surface area contributed by atoms with Gasteiger partial charge in [-0.3, -0.25) is 4.90 Å². The molecule has 1 N–H and O–H groups in total. The van der Waals surface area contributed by atoms with Gasteiger partial charge in [-0.1, -0.05) is 19.1 Å². The van der Waals surface area contributed by atoms with Crippen LogP contribution in [-0.4, -0.2) is 29.1 Å². The molecule has 1 aliphatic heterocycles. The maximum absolute atomic E-state index is 13.9. The summed E-state index contributed by atoms with van der Waals surface area (Å²) in [6, 6.07) is 4.87. The Bertz CT molecular complexity index is 499. The minimum absolute atomic E-state index is 0.271. The van der Waals surface area contributed by atoms with E-state index < -0.39 is 5.97 Å². The Morgan fingerprint density at radius 3 is 2.95 bits per heavy atom. The predicted octanol–water partition coefficient (Wildman–Crippen LogP) is 2.77. The highest BCUT2D eigenvalue weighted by Gasteiger charge is 2.19. The number of hydrogen-bond donors (Lipinski definition) is 1. The lowest BCUT2D eigenvalue weighted by atomic mass is 10.1. The fourth-order valence-electron chi connectivity index (χ4n) is 2.37. The summed E-state index contributed by atoms with van der Waals surface area (Å²) in [5, 5.41) is 8.53. The van der Waals surface area contributed by atoms with Crippen LogP contribution in [0.2, 0.25) is 0 Å². The molecule has 1 aliphatic rings. The molecule has 1 aromatic rings. The first-order chi connectivity index (χ1) is 9.04.